The second-order valence-corrected chi connectivity index (χ2v) is 5.15. The Morgan fingerprint density at radius 3 is 2.95 bits per heavy atom. The number of fused-ring (bicyclic) bond motifs is 1. The van der Waals surface area contributed by atoms with Crippen molar-refractivity contribution in [2.24, 2.45) is 0 Å². The number of hydrogen-bond donors (Lipinski definition) is 1. The number of carboxylic acid groups (broad SMARTS) is 1. The first-order valence-electron chi connectivity index (χ1n) is 5.93. The van der Waals surface area contributed by atoms with Gasteiger partial charge in [0.15, 0.2) is 0 Å². The predicted octanol–water partition coefficient (Wildman–Crippen LogP) is 2.69. The number of carbonyl (C=O) groups is 1. The maximum absolute atomic E-state index is 11.2. The van der Waals surface area contributed by atoms with E-state index in [0.717, 1.165) is 9.99 Å². The SMILES string of the molecule is Cc1cc(C(=O)O)c(Oc2ccc3c(Br)cnn3c2)nn1. The molecule has 0 amide bonds. The van der Waals surface area contributed by atoms with Gasteiger partial charge in [0, 0.05) is 0 Å². The van der Waals surface area contributed by atoms with Crippen LogP contribution in [0.5, 0.6) is 11.6 Å². The minimum atomic E-state index is -1.12. The molecule has 3 aromatic heterocycles. The standard InChI is InChI=1S/C13H9BrN4O3/c1-7-4-9(13(19)20)12(17-16-7)21-8-2-3-11-10(14)5-15-18(11)6-8/h2-6H,1H3,(H,19,20). The van der Waals surface area contributed by atoms with Crippen molar-refractivity contribution in [3.05, 3.63) is 46.3 Å². The summed E-state index contributed by atoms with van der Waals surface area (Å²) < 4.78 is 7.98. The van der Waals surface area contributed by atoms with Crippen LogP contribution in [0.3, 0.4) is 0 Å². The van der Waals surface area contributed by atoms with Crippen LogP contribution in [-0.2, 0) is 0 Å². The number of aromatic nitrogens is 4. The molecule has 0 unspecified atom stereocenters. The van der Waals surface area contributed by atoms with E-state index in [4.69, 9.17) is 4.74 Å². The van der Waals surface area contributed by atoms with Crippen LogP contribution in [0.25, 0.3) is 5.52 Å². The van der Waals surface area contributed by atoms with Gasteiger partial charge in [-0.25, -0.2) is 9.31 Å². The summed E-state index contributed by atoms with van der Waals surface area (Å²) in [5.74, 6) is -0.761. The molecule has 3 rings (SSSR count). The number of ether oxygens (including phenoxy) is 1. The van der Waals surface area contributed by atoms with Gasteiger partial charge < -0.3 is 9.84 Å². The first-order chi connectivity index (χ1) is 10.0. The van der Waals surface area contributed by atoms with Gasteiger partial charge in [-0.05, 0) is 41.1 Å². The largest absolute Gasteiger partial charge is 0.477 e. The van der Waals surface area contributed by atoms with Crippen LogP contribution in [-0.4, -0.2) is 30.9 Å². The molecule has 1 N–H and O–H groups in total. The lowest BCUT2D eigenvalue weighted by molar-refractivity contribution is 0.0693. The Balaban J connectivity index is 2.00. The fraction of sp³-hybridized carbons (Fsp3) is 0.0769. The van der Waals surface area contributed by atoms with Crippen molar-refractivity contribution < 1.29 is 14.6 Å². The van der Waals surface area contributed by atoms with Crippen LogP contribution in [0.4, 0.5) is 0 Å². The number of aromatic carboxylic acids is 1. The van der Waals surface area contributed by atoms with Crippen molar-refractivity contribution in [1.29, 1.82) is 0 Å². The molecule has 0 radical (unpaired) electrons. The quantitative estimate of drug-likeness (QED) is 0.782. The fourth-order valence-electron chi connectivity index (χ4n) is 1.81. The van der Waals surface area contributed by atoms with E-state index in [-0.39, 0.29) is 11.4 Å². The molecule has 0 aliphatic carbocycles. The minimum absolute atomic E-state index is 0.0377. The highest BCUT2D eigenvalue weighted by atomic mass is 79.9. The second kappa shape index (κ2) is 5.13. The summed E-state index contributed by atoms with van der Waals surface area (Å²) in [7, 11) is 0. The Bertz CT molecular complexity index is 847. The van der Waals surface area contributed by atoms with Gasteiger partial charge in [-0.2, -0.15) is 10.2 Å². The molecule has 0 spiro atoms. The van der Waals surface area contributed by atoms with Gasteiger partial charge in [-0.1, -0.05) is 0 Å². The summed E-state index contributed by atoms with van der Waals surface area (Å²) >= 11 is 3.37. The molecule has 0 saturated carbocycles. The summed E-state index contributed by atoms with van der Waals surface area (Å²) in [6.07, 6.45) is 3.29. The zero-order valence-corrected chi connectivity index (χ0v) is 12.4. The van der Waals surface area contributed by atoms with Gasteiger partial charge in [0.25, 0.3) is 5.88 Å². The van der Waals surface area contributed by atoms with E-state index in [2.05, 4.69) is 31.2 Å². The highest BCUT2D eigenvalue weighted by molar-refractivity contribution is 9.10. The third-order valence-corrected chi connectivity index (χ3v) is 3.38. The molecule has 0 aliphatic heterocycles. The fourth-order valence-corrected chi connectivity index (χ4v) is 2.22. The number of nitrogens with zero attached hydrogens (tertiary/aromatic N) is 4. The summed E-state index contributed by atoms with van der Waals surface area (Å²) in [6.45, 7) is 1.66. The Morgan fingerprint density at radius 2 is 2.19 bits per heavy atom. The lowest BCUT2D eigenvalue weighted by Crippen LogP contribution is -2.05. The number of aryl methyl sites for hydroxylation is 1. The molecule has 21 heavy (non-hydrogen) atoms. The van der Waals surface area contributed by atoms with Crippen LogP contribution in [0.15, 0.2) is 35.1 Å². The van der Waals surface area contributed by atoms with Gasteiger partial charge in [0.05, 0.1) is 28.1 Å². The molecule has 106 valence electrons. The summed E-state index contributed by atoms with van der Waals surface area (Å²) in [4.78, 5) is 11.2. The zero-order valence-electron chi connectivity index (χ0n) is 10.8. The first kappa shape index (κ1) is 13.5. The van der Waals surface area contributed by atoms with Gasteiger partial charge in [0.2, 0.25) is 0 Å². The minimum Gasteiger partial charge on any atom is -0.477 e. The van der Waals surface area contributed by atoms with Gasteiger partial charge in [-0.3, -0.25) is 0 Å². The highest BCUT2D eigenvalue weighted by Crippen LogP contribution is 2.25. The maximum atomic E-state index is 11.2. The molecule has 0 aliphatic rings. The van der Waals surface area contributed by atoms with Crippen LogP contribution in [0, 0.1) is 6.92 Å². The molecule has 3 aromatic rings. The highest BCUT2D eigenvalue weighted by Gasteiger charge is 2.15. The maximum Gasteiger partial charge on any atom is 0.341 e. The van der Waals surface area contributed by atoms with E-state index < -0.39 is 5.97 Å². The number of pyridine rings is 1. The third-order valence-electron chi connectivity index (χ3n) is 2.77. The first-order valence-corrected chi connectivity index (χ1v) is 6.72. The molecule has 0 bridgehead atoms. The van der Waals surface area contributed by atoms with E-state index >= 15 is 0 Å². The monoisotopic (exact) mass is 348 g/mol. The van der Waals surface area contributed by atoms with E-state index in [1.54, 1.807) is 36.0 Å². The number of halogens is 1. The van der Waals surface area contributed by atoms with Crippen molar-refractivity contribution in [3.8, 4) is 11.6 Å². The normalized spacial score (nSPS) is 10.8. The zero-order chi connectivity index (χ0) is 15.0. The molecular formula is C13H9BrN4O3. The van der Waals surface area contributed by atoms with E-state index in [9.17, 15) is 9.90 Å². The predicted molar refractivity (Wildman–Crippen MR) is 76.7 cm³/mol. The molecule has 0 fully saturated rings. The summed E-state index contributed by atoms with van der Waals surface area (Å²) in [5.41, 5.74) is 1.34. The molecule has 0 atom stereocenters. The van der Waals surface area contributed by atoms with Gasteiger partial charge in [-0.15, -0.1) is 5.10 Å². The van der Waals surface area contributed by atoms with Crippen LogP contribution >= 0.6 is 15.9 Å². The molecule has 7 nitrogen and oxygen atoms in total. The number of hydrogen-bond acceptors (Lipinski definition) is 5. The van der Waals surface area contributed by atoms with E-state index in [1.165, 1.54) is 6.07 Å². The van der Waals surface area contributed by atoms with Crippen molar-refractivity contribution in [1.82, 2.24) is 19.8 Å². The molecule has 0 saturated heterocycles. The molecule has 3 heterocycles. The van der Waals surface area contributed by atoms with Crippen molar-refractivity contribution in [3.63, 3.8) is 0 Å². The molecule has 0 aromatic carbocycles. The Kier molecular flexibility index (Phi) is 3.30. The van der Waals surface area contributed by atoms with E-state index in [1.807, 2.05) is 0 Å². The lowest BCUT2D eigenvalue weighted by atomic mass is 10.2. The molecule has 8 heteroatoms. The van der Waals surface area contributed by atoms with Crippen molar-refractivity contribution >= 4 is 27.4 Å². The lowest BCUT2D eigenvalue weighted by Gasteiger charge is -2.07. The number of carboxylic acids is 1. The summed E-state index contributed by atoms with van der Waals surface area (Å²) in [5, 5.41) is 20.9. The number of rotatable bonds is 3. The average Bonchev–Trinajstić information content (AvgIpc) is 2.82. The Morgan fingerprint density at radius 1 is 1.38 bits per heavy atom. The smallest absolute Gasteiger partial charge is 0.341 e. The third kappa shape index (κ3) is 2.57. The van der Waals surface area contributed by atoms with Crippen molar-refractivity contribution in [2.75, 3.05) is 0 Å². The van der Waals surface area contributed by atoms with Crippen molar-refractivity contribution in [2.45, 2.75) is 6.92 Å². The Labute approximate surface area is 127 Å². The van der Waals surface area contributed by atoms with Gasteiger partial charge in [0.1, 0.15) is 11.3 Å². The van der Waals surface area contributed by atoms with Crippen LogP contribution in [0.1, 0.15) is 16.1 Å². The second-order valence-electron chi connectivity index (χ2n) is 4.30. The Hall–Kier alpha value is -2.48. The van der Waals surface area contributed by atoms with Gasteiger partial charge >= 0.3 is 5.97 Å². The van der Waals surface area contributed by atoms with Crippen LogP contribution < -0.4 is 4.74 Å². The molecular weight excluding hydrogens is 340 g/mol. The van der Waals surface area contributed by atoms with E-state index in [0.29, 0.717) is 11.4 Å². The summed E-state index contributed by atoms with van der Waals surface area (Å²) in [6, 6.07) is 4.91. The van der Waals surface area contributed by atoms with Crippen LogP contribution in [0.2, 0.25) is 0 Å². The average molecular weight is 349 g/mol. The topological polar surface area (TPSA) is 89.6 Å².